The molecule has 0 saturated heterocycles. The van der Waals surface area contributed by atoms with E-state index >= 15 is 0 Å². The van der Waals surface area contributed by atoms with Crippen LogP contribution in [0.4, 0.5) is 0 Å². The molecule has 0 aliphatic rings. The molecular weight excluding hydrogens is 408 g/mol. The number of fused-ring (bicyclic) bond motifs is 1. The molecule has 0 fully saturated rings. The van der Waals surface area contributed by atoms with E-state index in [0.717, 1.165) is 24.6 Å². The molecular formula is C26H30O6. The molecule has 170 valence electrons. The highest BCUT2D eigenvalue weighted by Gasteiger charge is 2.25. The first kappa shape index (κ1) is 23.3. The van der Waals surface area contributed by atoms with Gasteiger partial charge in [0.2, 0.25) is 11.5 Å². The normalized spacial score (nSPS) is 10.6. The molecule has 0 radical (unpaired) electrons. The van der Waals surface area contributed by atoms with Crippen LogP contribution < -0.4 is 23.7 Å². The van der Waals surface area contributed by atoms with Gasteiger partial charge in [-0.3, -0.25) is 4.79 Å². The maximum absolute atomic E-state index is 11.9. The largest absolute Gasteiger partial charge is 0.493 e. The SMILES string of the molecule is CCCCOc1c(OC)c(OC)c(OC(C)=O)c2cc(OCCc3ccccc3)ccc12. The predicted octanol–water partition coefficient (Wildman–Crippen LogP) is 5.58. The molecule has 0 atom stereocenters. The van der Waals surface area contributed by atoms with Crippen LogP contribution in [0, 0.1) is 0 Å². The topological polar surface area (TPSA) is 63.2 Å². The molecule has 32 heavy (non-hydrogen) atoms. The maximum Gasteiger partial charge on any atom is 0.308 e. The van der Waals surface area contributed by atoms with Crippen molar-refractivity contribution in [2.75, 3.05) is 27.4 Å². The molecule has 6 heteroatoms. The molecule has 0 N–H and O–H groups in total. The molecule has 0 bridgehead atoms. The molecule has 0 aliphatic carbocycles. The van der Waals surface area contributed by atoms with Crippen molar-refractivity contribution in [2.24, 2.45) is 0 Å². The van der Waals surface area contributed by atoms with Gasteiger partial charge in [0.1, 0.15) is 5.75 Å². The van der Waals surface area contributed by atoms with E-state index in [1.54, 1.807) is 0 Å². The molecule has 0 aromatic heterocycles. The molecule has 0 spiro atoms. The summed E-state index contributed by atoms with van der Waals surface area (Å²) in [5, 5.41) is 1.41. The number of hydrogen-bond acceptors (Lipinski definition) is 6. The third-order valence-electron chi connectivity index (χ3n) is 5.00. The summed E-state index contributed by atoms with van der Waals surface area (Å²) in [5.74, 6) is 1.74. The van der Waals surface area contributed by atoms with E-state index in [0.29, 0.717) is 41.6 Å². The summed E-state index contributed by atoms with van der Waals surface area (Å²) in [6, 6.07) is 15.8. The van der Waals surface area contributed by atoms with Gasteiger partial charge in [-0.1, -0.05) is 43.7 Å². The van der Waals surface area contributed by atoms with E-state index in [9.17, 15) is 4.79 Å². The third kappa shape index (κ3) is 5.44. The lowest BCUT2D eigenvalue weighted by atomic mass is 10.1. The third-order valence-corrected chi connectivity index (χ3v) is 5.00. The highest BCUT2D eigenvalue weighted by Crippen LogP contribution is 2.51. The van der Waals surface area contributed by atoms with Crippen molar-refractivity contribution in [2.45, 2.75) is 33.1 Å². The van der Waals surface area contributed by atoms with Gasteiger partial charge in [0.25, 0.3) is 0 Å². The summed E-state index contributed by atoms with van der Waals surface area (Å²) in [4.78, 5) is 11.9. The molecule has 0 amide bonds. The number of carbonyl (C=O) groups is 1. The van der Waals surface area contributed by atoms with Crippen LogP contribution in [-0.4, -0.2) is 33.4 Å². The van der Waals surface area contributed by atoms with Crippen LogP contribution >= 0.6 is 0 Å². The predicted molar refractivity (Wildman–Crippen MR) is 124 cm³/mol. The number of carbonyl (C=O) groups excluding carboxylic acids is 1. The fourth-order valence-corrected chi connectivity index (χ4v) is 3.46. The number of unbranched alkanes of at least 4 members (excludes halogenated alkanes) is 1. The minimum Gasteiger partial charge on any atom is -0.493 e. The minimum absolute atomic E-state index is 0.281. The lowest BCUT2D eigenvalue weighted by molar-refractivity contribution is -0.131. The van der Waals surface area contributed by atoms with Gasteiger partial charge in [-0.05, 0) is 30.2 Å². The van der Waals surface area contributed by atoms with Crippen molar-refractivity contribution >= 4 is 16.7 Å². The van der Waals surface area contributed by atoms with Crippen LogP contribution in [0.25, 0.3) is 10.8 Å². The zero-order chi connectivity index (χ0) is 22.9. The first-order valence-electron chi connectivity index (χ1n) is 10.8. The van der Waals surface area contributed by atoms with Crippen LogP contribution in [0.2, 0.25) is 0 Å². The Morgan fingerprint density at radius 2 is 1.53 bits per heavy atom. The maximum atomic E-state index is 11.9. The second kappa shape index (κ2) is 11.3. The highest BCUT2D eigenvalue weighted by molar-refractivity contribution is 6.00. The fourth-order valence-electron chi connectivity index (χ4n) is 3.46. The van der Waals surface area contributed by atoms with Crippen molar-refractivity contribution in [1.82, 2.24) is 0 Å². The van der Waals surface area contributed by atoms with E-state index in [4.69, 9.17) is 23.7 Å². The van der Waals surface area contributed by atoms with Crippen molar-refractivity contribution in [3.05, 3.63) is 54.1 Å². The van der Waals surface area contributed by atoms with Crippen molar-refractivity contribution in [3.63, 3.8) is 0 Å². The van der Waals surface area contributed by atoms with Crippen LogP contribution in [0.5, 0.6) is 28.7 Å². The Balaban J connectivity index is 2.02. The molecule has 3 aromatic rings. The van der Waals surface area contributed by atoms with Gasteiger partial charge in [0.05, 0.1) is 27.4 Å². The van der Waals surface area contributed by atoms with Crippen molar-refractivity contribution < 1.29 is 28.5 Å². The zero-order valence-electron chi connectivity index (χ0n) is 19.1. The minimum atomic E-state index is -0.457. The second-order valence-corrected chi connectivity index (χ2v) is 7.31. The Morgan fingerprint density at radius 1 is 0.812 bits per heavy atom. The van der Waals surface area contributed by atoms with Crippen LogP contribution in [0.15, 0.2) is 48.5 Å². The van der Waals surface area contributed by atoms with Gasteiger partial charge >= 0.3 is 5.97 Å². The van der Waals surface area contributed by atoms with Gasteiger partial charge in [0, 0.05) is 24.1 Å². The smallest absolute Gasteiger partial charge is 0.308 e. The van der Waals surface area contributed by atoms with E-state index < -0.39 is 5.97 Å². The van der Waals surface area contributed by atoms with Crippen molar-refractivity contribution in [1.29, 1.82) is 0 Å². The number of methoxy groups -OCH3 is 2. The molecule has 0 heterocycles. The monoisotopic (exact) mass is 438 g/mol. The van der Waals surface area contributed by atoms with Crippen molar-refractivity contribution in [3.8, 4) is 28.7 Å². The number of ether oxygens (including phenoxy) is 5. The van der Waals surface area contributed by atoms with Gasteiger partial charge in [-0.15, -0.1) is 0 Å². The molecule has 0 unspecified atom stereocenters. The van der Waals surface area contributed by atoms with E-state index in [1.165, 1.54) is 26.7 Å². The number of benzene rings is 3. The van der Waals surface area contributed by atoms with Crippen LogP contribution in [-0.2, 0) is 11.2 Å². The Bertz CT molecular complexity index is 1050. The number of esters is 1. The first-order chi connectivity index (χ1) is 15.6. The number of rotatable bonds is 11. The molecule has 0 saturated carbocycles. The number of hydrogen-bond donors (Lipinski definition) is 0. The van der Waals surface area contributed by atoms with E-state index in [1.807, 2.05) is 36.4 Å². The highest BCUT2D eigenvalue weighted by atomic mass is 16.6. The van der Waals surface area contributed by atoms with Gasteiger partial charge in [0.15, 0.2) is 11.5 Å². The van der Waals surface area contributed by atoms with Crippen LogP contribution in [0.3, 0.4) is 0 Å². The lowest BCUT2D eigenvalue weighted by Gasteiger charge is -2.20. The Labute approximate surface area is 189 Å². The fraction of sp³-hybridized carbons (Fsp3) is 0.346. The standard InChI is InChI=1S/C26H30O6/c1-5-6-15-31-23-21-13-12-20(30-16-14-19-10-8-7-9-11-19)17-22(21)24(32-18(2)27)26(29-4)25(23)28-3/h7-13,17H,5-6,14-16H2,1-4H3. The molecule has 3 rings (SSSR count). The summed E-state index contributed by atoms with van der Waals surface area (Å²) < 4.78 is 28.8. The summed E-state index contributed by atoms with van der Waals surface area (Å²) in [5.41, 5.74) is 1.20. The Morgan fingerprint density at radius 3 is 2.19 bits per heavy atom. The first-order valence-corrected chi connectivity index (χ1v) is 10.8. The Hall–Kier alpha value is -3.41. The quantitative estimate of drug-likeness (QED) is 0.221. The van der Waals surface area contributed by atoms with E-state index in [2.05, 4.69) is 19.1 Å². The average molecular weight is 439 g/mol. The molecule has 0 aliphatic heterocycles. The van der Waals surface area contributed by atoms with Gasteiger partial charge in [-0.25, -0.2) is 0 Å². The second-order valence-electron chi connectivity index (χ2n) is 7.31. The summed E-state index contributed by atoms with van der Waals surface area (Å²) in [6.07, 6.45) is 2.69. The summed E-state index contributed by atoms with van der Waals surface area (Å²) >= 11 is 0. The van der Waals surface area contributed by atoms with Gasteiger partial charge < -0.3 is 23.7 Å². The van der Waals surface area contributed by atoms with Crippen LogP contribution in [0.1, 0.15) is 32.3 Å². The summed E-state index contributed by atoms with van der Waals surface area (Å²) in [7, 11) is 3.04. The van der Waals surface area contributed by atoms with Gasteiger partial charge in [-0.2, -0.15) is 0 Å². The summed E-state index contributed by atoms with van der Waals surface area (Å²) in [6.45, 7) is 4.50. The lowest BCUT2D eigenvalue weighted by Crippen LogP contribution is -2.07. The molecule has 6 nitrogen and oxygen atoms in total. The Kier molecular flexibility index (Phi) is 8.20. The molecule has 3 aromatic carbocycles. The zero-order valence-corrected chi connectivity index (χ0v) is 19.1. The average Bonchev–Trinajstić information content (AvgIpc) is 2.80. The van der Waals surface area contributed by atoms with E-state index in [-0.39, 0.29) is 5.75 Å².